The molecule has 4 nitrogen and oxygen atoms in total. The molecule has 1 aromatic heterocycles. The van der Waals surface area contributed by atoms with Gasteiger partial charge in [-0.25, -0.2) is 9.78 Å². The third kappa shape index (κ3) is 3.37. The first kappa shape index (κ1) is 14.1. The van der Waals surface area contributed by atoms with Crippen molar-refractivity contribution in [2.24, 2.45) is 0 Å². The van der Waals surface area contributed by atoms with E-state index in [4.69, 9.17) is 27.9 Å². The van der Waals surface area contributed by atoms with Gasteiger partial charge in [0.1, 0.15) is 5.00 Å². The zero-order chi connectivity index (χ0) is 13.8. The highest BCUT2D eigenvalue weighted by atomic mass is 35.5. The molecule has 0 unspecified atom stereocenters. The molecule has 7 heteroatoms. The van der Waals surface area contributed by atoms with Crippen LogP contribution in [0.1, 0.15) is 17.4 Å². The van der Waals surface area contributed by atoms with Gasteiger partial charge in [-0.3, -0.25) is 0 Å². The minimum absolute atomic E-state index is 0.248. The first-order chi connectivity index (χ1) is 9.11. The average Bonchev–Trinajstić information content (AvgIpc) is 2.81. The number of nitrogens with zero attached hydrogens (tertiary/aromatic N) is 1. The molecule has 0 radical (unpaired) electrons. The zero-order valence-corrected chi connectivity index (χ0v) is 12.3. The first-order valence-electron chi connectivity index (χ1n) is 5.44. The van der Waals surface area contributed by atoms with Crippen LogP contribution in [0.15, 0.2) is 23.7 Å². The number of carbonyl (C=O) groups excluding carboxylic acids is 1. The number of rotatable bonds is 4. The van der Waals surface area contributed by atoms with Crippen molar-refractivity contribution in [2.75, 3.05) is 11.9 Å². The van der Waals surface area contributed by atoms with Gasteiger partial charge in [0.2, 0.25) is 0 Å². The molecule has 1 aromatic carbocycles. The van der Waals surface area contributed by atoms with E-state index in [1.807, 2.05) is 0 Å². The molecule has 2 rings (SSSR count). The lowest BCUT2D eigenvalue weighted by molar-refractivity contribution is 0.0521. The fraction of sp³-hybridized carbons (Fsp3) is 0.167. The minimum atomic E-state index is -0.462. The summed E-state index contributed by atoms with van der Waals surface area (Å²) in [5.74, 6) is -0.462. The lowest BCUT2D eigenvalue weighted by atomic mass is 10.3. The molecular weight excluding hydrogens is 307 g/mol. The predicted octanol–water partition coefficient (Wildman–Crippen LogP) is 4.37. The quantitative estimate of drug-likeness (QED) is 0.851. The van der Waals surface area contributed by atoms with Crippen LogP contribution >= 0.6 is 34.5 Å². The third-order valence-corrected chi connectivity index (χ3v) is 3.51. The second-order valence-corrected chi connectivity index (χ2v) is 5.20. The molecule has 0 saturated carbocycles. The molecule has 0 saturated heterocycles. The molecule has 0 spiro atoms. The molecule has 0 aliphatic heterocycles. The van der Waals surface area contributed by atoms with Crippen LogP contribution in [0.5, 0.6) is 0 Å². The van der Waals surface area contributed by atoms with E-state index in [2.05, 4.69) is 10.3 Å². The molecule has 0 amide bonds. The summed E-state index contributed by atoms with van der Waals surface area (Å²) in [6.07, 6.45) is 0. The van der Waals surface area contributed by atoms with Gasteiger partial charge in [0.25, 0.3) is 0 Å². The fourth-order valence-electron chi connectivity index (χ4n) is 1.39. The first-order valence-corrected chi connectivity index (χ1v) is 7.08. The van der Waals surface area contributed by atoms with E-state index in [1.54, 1.807) is 30.6 Å². The second-order valence-electron chi connectivity index (χ2n) is 3.50. The van der Waals surface area contributed by atoms with Crippen molar-refractivity contribution in [3.05, 3.63) is 39.4 Å². The van der Waals surface area contributed by atoms with Crippen molar-refractivity contribution in [1.29, 1.82) is 0 Å². The minimum Gasteiger partial charge on any atom is -0.461 e. The molecule has 1 heterocycles. The zero-order valence-electron chi connectivity index (χ0n) is 9.94. The second kappa shape index (κ2) is 6.23. The number of aromatic nitrogens is 1. The normalized spacial score (nSPS) is 10.3. The van der Waals surface area contributed by atoms with Crippen LogP contribution in [0, 0.1) is 0 Å². The lowest BCUT2D eigenvalue weighted by Crippen LogP contribution is -2.07. The van der Waals surface area contributed by atoms with E-state index in [9.17, 15) is 4.79 Å². The van der Waals surface area contributed by atoms with Crippen molar-refractivity contribution in [1.82, 2.24) is 4.98 Å². The molecule has 0 aliphatic rings. The summed E-state index contributed by atoms with van der Waals surface area (Å²) in [6.45, 7) is 2.05. The van der Waals surface area contributed by atoms with Gasteiger partial charge in [-0.1, -0.05) is 23.2 Å². The number of anilines is 2. The number of nitrogens with one attached hydrogen (secondary N) is 1. The van der Waals surface area contributed by atoms with Crippen LogP contribution in [0.3, 0.4) is 0 Å². The maximum Gasteiger partial charge on any atom is 0.360 e. The largest absolute Gasteiger partial charge is 0.461 e. The number of benzene rings is 1. The van der Waals surface area contributed by atoms with Crippen LogP contribution in [0.25, 0.3) is 0 Å². The molecule has 0 aliphatic carbocycles. The Morgan fingerprint density at radius 1 is 1.47 bits per heavy atom. The van der Waals surface area contributed by atoms with E-state index in [0.29, 0.717) is 27.3 Å². The Morgan fingerprint density at radius 3 is 2.95 bits per heavy atom. The number of ether oxygens (including phenoxy) is 1. The van der Waals surface area contributed by atoms with Crippen molar-refractivity contribution < 1.29 is 9.53 Å². The van der Waals surface area contributed by atoms with E-state index < -0.39 is 5.97 Å². The van der Waals surface area contributed by atoms with E-state index in [1.165, 1.54) is 11.3 Å². The summed E-state index contributed by atoms with van der Waals surface area (Å²) in [5, 5.41) is 4.65. The van der Waals surface area contributed by atoms with Crippen LogP contribution in [-0.2, 0) is 4.74 Å². The molecule has 2 aromatic rings. The maximum absolute atomic E-state index is 11.7. The standard InChI is InChI=1S/C12H10Cl2N2O2S/c1-2-18-12(17)10-11(19-6-15-10)16-9-4-3-7(13)5-8(9)14/h3-6,16H,2H2,1H3. The topological polar surface area (TPSA) is 51.2 Å². The smallest absolute Gasteiger partial charge is 0.360 e. The van der Waals surface area contributed by atoms with Crippen molar-refractivity contribution in [3.63, 3.8) is 0 Å². The van der Waals surface area contributed by atoms with E-state index in [0.717, 1.165) is 0 Å². The summed E-state index contributed by atoms with van der Waals surface area (Å²) in [6, 6.07) is 5.07. The van der Waals surface area contributed by atoms with Gasteiger partial charge in [-0.2, -0.15) is 0 Å². The molecule has 0 atom stereocenters. The Balaban J connectivity index is 2.24. The Hall–Kier alpha value is -1.30. The third-order valence-electron chi connectivity index (χ3n) is 2.22. The summed E-state index contributed by atoms with van der Waals surface area (Å²) in [5.41, 5.74) is 2.47. The lowest BCUT2D eigenvalue weighted by Gasteiger charge is -2.08. The SMILES string of the molecule is CCOC(=O)c1ncsc1Nc1ccc(Cl)cc1Cl. The van der Waals surface area contributed by atoms with Crippen LogP contribution in [-0.4, -0.2) is 17.6 Å². The van der Waals surface area contributed by atoms with Gasteiger partial charge < -0.3 is 10.1 Å². The Labute approximate surface area is 124 Å². The van der Waals surface area contributed by atoms with Gasteiger partial charge in [0.05, 0.1) is 22.8 Å². The highest BCUT2D eigenvalue weighted by Gasteiger charge is 2.16. The Kier molecular flexibility index (Phi) is 4.63. The number of hydrogen-bond donors (Lipinski definition) is 1. The van der Waals surface area contributed by atoms with Crippen molar-refractivity contribution >= 4 is 51.2 Å². The van der Waals surface area contributed by atoms with Crippen LogP contribution in [0.4, 0.5) is 10.7 Å². The average molecular weight is 317 g/mol. The number of thiazole rings is 1. The molecular formula is C12H10Cl2N2O2S. The van der Waals surface area contributed by atoms with E-state index >= 15 is 0 Å². The number of hydrogen-bond acceptors (Lipinski definition) is 5. The van der Waals surface area contributed by atoms with Crippen LogP contribution < -0.4 is 5.32 Å². The Morgan fingerprint density at radius 2 is 2.26 bits per heavy atom. The number of carbonyl (C=O) groups is 1. The van der Waals surface area contributed by atoms with Gasteiger partial charge in [-0.05, 0) is 25.1 Å². The molecule has 1 N–H and O–H groups in total. The molecule has 100 valence electrons. The highest BCUT2D eigenvalue weighted by molar-refractivity contribution is 7.14. The molecule has 0 bridgehead atoms. The molecule has 0 fully saturated rings. The summed E-state index contributed by atoms with van der Waals surface area (Å²) >= 11 is 13.2. The summed E-state index contributed by atoms with van der Waals surface area (Å²) in [4.78, 5) is 15.7. The van der Waals surface area contributed by atoms with Gasteiger partial charge in [0, 0.05) is 5.02 Å². The van der Waals surface area contributed by atoms with Gasteiger partial charge in [0.15, 0.2) is 5.69 Å². The van der Waals surface area contributed by atoms with Crippen molar-refractivity contribution in [3.8, 4) is 0 Å². The predicted molar refractivity (Wildman–Crippen MR) is 77.8 cm³/mol. The summed E-state index contributed by atoms with van der Waals surface area (Å²) in [7, 11) is 0. The van der Waals surface area contributed by atoms with Gasteiger partial charge in [-0.15, -0.1) is 11.3 Å². The number of halogens is 2. The highest BCUT2D eigenvalue weighted by Crippen LogP contribution is 2.31. The summed E-state index contributed by atoms with van der Waals surface area (Å²) < 4.78 is 4.93. The van der Waals surface area contributed by atoms with E-state index in [-0.39, 0.29) is 5.69 Å². The fourth-order valence-corrected chi connectivity index (χ4v) is 2.53. The number of esters is 1. The monoisotopic (exact) mass is 316 g/mol. The maximum atomic E-state index is 11.7. The van der Waals surface area contributed by atoms with Crippen molar-refractivity contribution in [2.45, 2.75) is 6.92 Å². The molecule has 19 heavy (non-hydrogen) atoms. The Bertz CT molecular complexity index is 601. The van der Waals surface area contributed by atoms with Gasteiger partial charge >= 0.3 is 5.97 Å². The van der Waals surface area contributed by atoms with Crippen LogP contribution in [0.2, 0.25) is 10.0 Å².